The zero-order chi connectivity index (χ0) is 9.97. The van der Waals surface area contributed by atoms with Gasteiger partial charge in [0.1, 0.15) is 0 Å². The van der Waals surface area contributed by atoms with Crippen molar-refractivity contribution in [1.82, 2.24) is 10.2 Å². The van der Waals surface area contributed by atoms with Gasteiger partial charge in [-0.2, -0.15) is 11.8 Å². The van der Waals surface area contributed by atoms with Gasteiger partial charge in [0.15, 0.2) is 5.96 Å². The number of fused-ring (bicyclic) bond motifs is 2. The highest BCUT2D eigenvalue weighted by Crippen LogP contribution is 2.37. The monoisotopic (exact) mass is 213 g/mol. The molecule has 2 aliphatic rings. The number of nitrogens with zero attached hydrogens (tertiary/aromatic N) is 2. The van der Waals surface area contributed by atoms with E-state index in [0.29, 0.717) is 0 Å². The Morgan fingerprint density at radius 1 is 1.57 bits per heavy atom. The first kappa shape index (κ1) is 10.1. The van der Waals surface area contributed by atoms with E-state index in [-0.39, 0.29) is 0 Å². The third-order valence-electron chi connectivity index (χ3n) is 2.82. The van der Waals surface area contributed by atoms with Crippen molar-refractivity contribution in [3.8, 4) is 0 Å². The van der Waals surface area contributed by atoms with Crippen molar-refractivity contribution in [2.24, 2.45) is 4.99 Å². The predicted molar refractivity (Wildman–Crippen MR) is 63.0 cm³/mol. The average molecular weight is 213 g/mol. The molecule has 3 nitrogen and oxygen atoms in total. The first-order chi connectivity index (χ1) is 6.85. The van der Waals surface area contributed by atoms with Crippen molar-refractivity contribution in [2.75, 3.05) is 25.4 Å². The Bertz CT molecular complexity index is 229. The van der Waals surface area contributed by atoms with E-state index in [0.717, 1.165) is 30.3 Å². The number of rotatable bonds is 2. The van der Waals surface area contributed by atoms with Gasteiger partial charge in [-0.1, -0.05) is 0 Å². The highest BCUT2D eigenvalue weighted by Gasteiger charge is 2.39. The third-order valence-corrected chi connectivity index (χ3v) is 4.21. The fourth-order valence-electron chi connectivity index (χ4n) is 2.22. The number of hydrogen-bond acceptors (Lipinski definition) is 2. The molecule has 0 aromatic heterocycles. The van der Waals surface area contributed by atoms with Crippen molar-refractivity contribution in [3.05, 3.63) is 0 Å². The standard InChI is InChI=1S/C10H19N3S/c1-3-11-10(12-4-2)13-6-9-5-8(13)7-14-9/h8-9H,3-7H2,1-2H3,(H,11,12). The van der Waals surface area contributed by atoms with Gasteiger partial charge in [-0.3, -0.25) is 4.99 Å². The van der Waals surface area contributed by atoms with Crippen LogP contribution >= 0.6 is 11.8 Å². The van der Waals surface area contributed by atoms with E-state index in [2.05, 4.69) is 40.8 Å². The zero-order valence-electron chi connectivity index (χ0n) is 8.99. The van der Waals surface area contributed by atoms with E-state index in [4.69, 9.17) is 0 Å². The summed E-state index contributed by atoms with van der Waals surface area (Å²) in [5.41, 5.74) is 0. The van der Waals surface area contributed by atoms with E-state index in [1.807, 2.05) is 0 Å². The van der Waals surface area contributed by atoms with E-state index in [1.165, 1.54) is 18.7 Å². The van der Waals surface area contributed by atoms with Gasteiger partial charge in [0.05, 0.1) is 0 Å². The van der Waals surface area contributed by atoms with Crippen LogP contribution in [0.25, 0.3) is 0 Å². The molecule has 4 heteroatoms. The van der Waals surface area contributed by atoms with Gasteiger partial charge in [-0.15, -0.1) is 0 Å². The van der Waals surface area contributed by atoms with Crippen molar-refractivity contribution in [1.29, 1.82) is 0 Å². The molecule has 0 saturated carbocycles. The van der Waals surface area contributed by atoms with E-state index in [1.54, 1.807) is 0 Å². The summed E-state index contributed by atoms with van der Waals surface area (Å²) in [6.07, 6.45) is 1.36. The Balaban J connectivity index is 2.01. The summed E-state index contributed by atoms with van der Waals surface area (Å²) in [7, 11) is 0. The molecule has 2 heterocycles. The van der Waals surface area contributed by atoms with Crippen LogP contribution in [0, 0.1) is 0 Å². The lowest BCUT2D eigenvalue weighted by Crippen LogP contribution is -2.46. The molecule has 2 unspecified atom stereocenters. The molecule has 0 amide bonds. The van der Waals surface area contributed by atoms with Gasteiger partial charge in [0.2, 0.25) is 0 Å². The number of thioether (sulfide) groups is 1. The molecule has 80 valence electrons. The van der Waals surface area contributed by atoms with Crippen LogP contribution in [0.4, 0.5) is 0 Å². The Kier molecular flexibility index (Phi) is 3.21. The zero-order valence-corrected chi connectivity index (χ0v) is 9.81. The molecule has 0 aromatic carbocycles. The maximum absolute atomic E-state index is 4.54. The smallest absolute Gasteiger partial charge is 0.194 e. The fourth-order valence-corrected chi connectivity index (χ4v) is 3.65. The molecule has 2 atom stereocenters. The summed E-state index contributed by atoms with van der Waals surface area (Å²) in [6, 6.07) is 0.745. The Morgan fingerprint density at radius 3 is 2.93 bits per heavy atom. The number of aliphatic imine (C=N–C) groups is 1. The number of guanidine groups is 1. The van der Waals surface area contributed by atoms with Crippen LogP contribution < -0.4 is 5.32 Å². The molecular weight excluding hydrogens is 194 g/mol. The van der Waals surface area contributed by atoms with Gasteiger partial charge >= 0.3 is 0 Å². The van der Waals surface area contributed by atoms with Crippen LogP contribution in [-0.2, 0) is 0 Å². The molecule has 0 aliphatic carbocycles. The Morgan fingerprint density at radius 2 is 2.43 bits per heavy atom. The second-order valence-electron chi connectivity index (χ2n) is 3.83. The summed E-state index contributed by atoms with van der Waals surface area (Å²) in [5, 5.41) is 4.24. The Hall–Kier alpha value is -0.380. The number of likely N-dealkylation sites (tertiary alicyclic amines) is 1. The molecule has 0 spiro atoms. The van der Waals surface area contributed by atoms with Gasteiger partial charge in [-0.05, 0) is 20.3 Å². The highest BCUT2D eigenvalue weighted by molar-refractivity contribution is 8.00. The molecule has 0 radical (unpaired) electrons. The molecule has 2 bridgehead atoms. The molecular formula is C10H19N3S. The van der Waals surface area contributed by atoms with E-state index in [9.17, 15) is 0 Å². The van der Waals surface area contributed by atoms with Crippen LogP contribution in [0.1, 0.15) is 20.3 Å². The lowest BCUT2D eigenvalue weighted by atomic mass is 10.2. The van der Waals surface area contributed by atoms with Crippen LogP contribution in [0.2, 0.25) is 0 Å². The third kappa shape index (κ3) is 1.85. The highest BCUT2D eigenvalue weighted by atomic mass is 32.2. The fraction of sp³-hybridized carbons (Fsp3) is 0.900. The molecule has 2 rings (SSSR count). The van der Waals surface area contributed by atoms with Gasteiger partial charge in [-0.25, -0.2) is 0 Å². The van der Waals surface area contributed by atoms with Crippen LogP contribution in [0.3, 0.4) is 0 Å². The summed E-state index contributed by atoms with van der Waals surface area (Å²) >= 11 is 2.13. The lowest BCUT2D eigenvalue weighted by molar-refractivity contribution is 0.400. The van der Waals surface area contributed by atoms with Crippen molar-refractivity contribution in [3.63, 3.8) is 0 Å². The maximum Gasteiger partial charge on any atom is 0.194 e. The number of nitrogens with one attached hydrogen (secondary N) is 1. The normalized spacial score (nSPS) is 31.3. The summed E-state index contributed by atoms with van der Waals surface area (Å²) in [4.78, 5) is 7.00. The van der Waals surface area contributed by atoms with Crippen molar-refractivity contribution >= 4 is 17.7 Å². The molecule has 14 heavy (non-hydrogen) atoms. The Labute approximate surface area is 90.3 Å². The first-order valence-electron chi connectivity index (χ1n) is 5.51. The van der Waals surface area contributed by atoms with Gasteiger partial charge < -0.3 is 10.2 Å². The second kappa shape index (κ2) is 4.43. The number of hydrogen-bond donors (Lipinski definition) is 1. The molecule has 2 aliphatic heterocycles. The van der Waals surface area contributed by atoms with Crippen LogP contribution in [-0.4, -0.2) is 47.5 Å². The lowest BCUT2D eigenvalue weighted by Gasteiger charge is -2.30. The van der Waals surface area contributed by atoms with Gasteiger partial charge in [0, 0.05) is 36.7 Å². The minimum atomic E-state index is 0.745. The largest absolute Gasteiger partial charge is 0.357 e. The van der Waals surface area contributed by atoms with Crippen LogP contribution in [0.5, 0.6) is 0 Å². The second-order valence-corrected chi connectivity index (χ2v) is 5.16. The average Bonchev–Trinajstić information content (AvgIpc) is 2.78. The van der Waals surface area contributed by atoms with Crippen molar-refractivity contribution in [2.45, 2.75) is 31.6 Å². The van der Waals surface area contributed by atoms with Crippen molar-refractivity contribution < 1.29 is 0 Å². The SMILES string of the molecule is CCN=C(NCC)N1CC2CC1CS2. The maximum atomic E-state index is 4.54. The molecule has 1 N–H and O–H groups in total. The van der Waals surface area contributed by atoms with Gasteiger partial charge in [0.25, 0.3) is 0 Å². The predicted octanol–water partition coefficient (Wildman–Crippen LogP) is 1.16. The van der Waals surface area contributed by atoms with E-state index < -0.39 is 0 Å². The molecule has 2 saturated heterocycles. The van der Waals surface area contributed by atoms with Crippen LogP contribution in [0.15, 0.2) is 4.99 Å². The summed E-state index contributed by atoms with van der Waals surface area (Å²) in [5.74, 6) is 2.42. The molecule has 0 aromatic rings. The van der Waals surface area contributed by atoms with E-state index >= 15 is 0 Å². The first-order valence-corrected chi connectivity index (χ1v) is 6.56. The minimum absolute atomic E-state index is 0.745. The minimum Gasteiger partial charge on any atom is -0.357 e. The molecule has 2 fully saturated rings. The quantitative estimate of drug-likeness (QED) is 0.551. The topological polar surface area (TPSA) is 27.6 Å². The summed E-state index contributed by atoms with van der Waals surface area (Å²) in [6.45, 7) is 7.28. The summed E-state index contributed by atoms with van der Waals surface area (Å²) < 4.78 is 0.